The number of aromatic nitrogens is 3. The first kappa shape index (κ1) is 20.8. The highest BCUT2D eigenvalue weighted by atomic mass is 19.1. The molecule has 0 unspecified atom stereocenters. The molecule has 3 aromatic rings. The van der Waals surface area contributed by atoms with Crippen LogP contribution in [0.15, 0.2) is 35.1 Å². The van der Waals surface area contributed by atoms with Gasteiger partial charge in [0.1, 0.15) is 17.1 Å². The number of hydrogen-bond donors (Lipinski definition) is 0. The highest BCUT2D eigenvalue weighted by Crippen LogP contribution is 2.33. The highest BCUT2D eigenvalue weighted by molar-refractivity contribution is 6.22. The van der Waals surface area contributed by atoms with Gasteiger partial charge in [0.05, 0.1) is 24.1 Å². The maximum absolute atomic E-state index is 14.0. The Balaban J connectivity index is 1.59. The fourth-order valence-corrected chi connectivity index (χ4v) is 3.69. The van der Waals surface area contributed by atoms with E-state index in [4.69, 9.17) is 4.52 Å². The Morgan fingerprint density at radius 2 is 1.87 bits per heavy atom. The Bertz CT molecular complexity index is 1160. The standard InChI is InChI=1S/C22H24FN5O3/c1-13-6-7-16(8-19(13)23)10-27-21(30)28(20(29)22(27,4)5)17-9-24-26(11-17)12-18-14(2)25-31-15(18)3/h6-9,11H,10,12H2,1-5H3. The SMILES string of the molecule is Cc1ccc(CN2C(=O)N(c3cnn(Cc4c(C)noc4C)c3)C(=O)C2(C)C)cc1F. The second-order valence-corrected chi connectivity index (χ2v) is 8.35. The van der Waals surface area contributed by atoms with E-state index in [-0.39, 0.29) is 18.3 Å². The summed E-state index contributed by atoms with van der Waals surface area (Å²) in [4.78, 5) is 28.9. The first-order valence-electron chi connectivity index (χ1n) is 9.95. The summed E-state index contributed by atoms with van der Waals surface area (Å²) in [6.45, 7) is 9.25. The summed E-state index contributed by atoms with van der Waals surface area (Å²) in [5.74, 6) is -0.00628. The molecule has 1 aliphatic heterocycles. The predicted molar refractivity (Wildman–Crippen MR) is 111 cm³/mol. The largest absolute Gasteiger partial charge is 0.361 e. The molecule has 9 heteroatoms. The summed E-state index contributed by atoms with van der Waals surface area (Å²) in [7, 11) is 0. The van der Waals surface area contributed by atoms with E-state index in [0.717, 1.165) is 16.2 Å². The lowest BCUT2D eigenvalue weighted by atomic mass is 10.0. The Labute approximate surface area is 179 Å². The third kappa shape index (κ3) is 3.49. The molecule has 0 radical (unpaired) electrons. The lowest BCUT2D eigenvalue weighted by molar-refractivity contribution is -0.123. The summed E-state index contributed by atoms with van der Waals surface area (Å²) in [5.41, 5.74) is 2.11. The predicted octanol–water partition coefficient (Wildman–Crippen LogP) is 3.73. The lowest BCUT2D eigenvalue weighted by Gasteiger charge is -2.27. The van der Waals surface area contributed by atoms with Gasteiger partial charge in [-0.3, -0.25) is 9.48 Å². The molecule has 1 aromatic carbocycles. The van der Waals surface area contributed by atoms with Crippen molar-refractivity contribution in [3.05, 3.63) is 64.6 Å². The molecule has 3 heterocycles. The zero-order chi connectivity index (χ0) is 22.5. The van der Waals surface area contributed by atoms with E-state index in [9.17, 15) is 14.0 Å². The second kappa shape index (κ2) is 7.33. The molecule has 0 N–H and O–H groups in total. The normalized spacial score (nSPS) is 15.9. The van der Waals surface area contributed by atoms with Crippen molar-refractivity contribution in [1.29, 1.82) is 0 Å². The molecule has 162 valence electrons. The van der Waals surface area contributed by atoms with Crippen LogP contribution in [0.2, 0.25) is 0 Å². The Hall–Kier alpha value is -3.49. The molecule has 1 aliphatic rings. The Morgan fingerprint density at radius 3 is 2.52 bits per heavy atom. The van der Waals surface area contributed by atoms with Crippen molar-refractivity contribution in [1.82, 2.24) is 19.8 Å². The molecule has 1 saturated heterocycles. The van der Waals surface area contributed by atoms with Gasteiger partial charge in [0, 0.05) is 18.3 Å². The van der Waals surface area contributed by atoms with Gasteiger partial charge in [-0.15, -0.1) is 0 Å². The number of aryl methyl sites for hydroxylation is 3. The van der Waals surface area contributed by atoms with Gasteiger partial charge in [-0.25, -0.2) is 14.1 Å². The van der Waals surface area contributed by atoms with Gasteiger partial charge < -0.3 is 9.42 Å². The minimum Gasteiger partial charge on any atom is -0.361 e. The van der Waals surface area contributed by atoms with Crippen LogP contribution in [0.4, 0.5) is 14.9 Å². The summed E-state index contributed by atoms with van der Waals surface area (Å²) in [6.07, 6.45) is 3.13. The third-order valence-electron chi connectivity index (χ3n) is 5.78. The average Bonchev–Trinajstić information content (AvgIpc) is 3.34. The average molecular weight is 425 g/mol. The molecule has 1 fully saturated rings. The van der Waals surface area contributed by atoms with Gasteiger partial charge in [0.25, 0.3) is 5.91 Å². The first-order valence-corrected chi connectivity index (χ1v) is 9.95. The van der Waals surface area contributed by atoms with Gasteiger partial charge in [-0.2, -0.15) is 5.10 Å². The number of anilines is 1. The van der Waals surface area contributed by atoms with E-state index in [1.807, 2.05) is 13.8 Å². The molecular formula is C22H24FN5O3. The van der Waals surface area contributed by atoms with E-state index in [1.54, 1.807) is 43.8 Å². The number of imide groups is 1. The summed E-state index contributed by atoms with van der Waals surface area (Å²) in [5, 5.41) is 8.23. The van der Waals surface area contributed by atoms with Crippen molar-refractivity contribution in [3.63, 3.8) is 0 Å². The monoisotopic (exact) mass is 425 g/mol. The van der Waals surface area contributed by atoms with Gasteiger partial charge >= 0.3 is 6.03 Å². The van der Waals surface area contributed by atoms with Crippen molar-refractivity contribution in [2.24, 2.45) is 0 Å². The van der Waals surface area contributed by atoms with Gasteiger partial charge in [-0.1, -0.05) is 17.3 Å². The number of carbonyl (C=O) groups excluding carboxylic acids is 2. The zero-order valence-electron chi connectivity index (χ0n) is 18.1. The van der Waals surface area contributed by atoms with Crippen molar-refractivity contribution < 1.29 is 18.5 Å². The molecule has 31 heavy (non-hydrogen) atoms. The summed E-state index contributed by atoms with van der Waals surface area (Å²) >= 11 is 0. The van der Waals surface area contributed by atoms with Gasteiger partial charge in [0.15, 0.2) is 0 Å². The molecule has 0 bridgehead atoms. The van der Waals surface area contributed by atoms with Crippen LogP contribution in [0.5, 0.6) is 0 Å². The van der Waals surface area contributed by atoms with Crippen molar-refractivity contribution in [2.45, 2.75) is 53.2 Å². The molecule has 0 saturated carbocycles. The third-order valence-corrected chi connectivity index (χ3v) is 5.78. The molecule has 0 spiro atoms. The number of benzene rings is 1. The maximum atomic E-state index is 14.0. The summed E-state index contributed by atoms with van der Waals surface area (Å²) < 4.78 is 20.8. The quantitative estimate of drug-likeness (QED) is 0.582. The topological polar surface area (TPSA) is 84.5 Å². The maximum Gasteiger partial charge on any atom is 0.332 e. The molecule has 2 aromatic heterocycles. The number of halogens is 1. The number of hydrogen-bond acceptors (Lipinski definition) is 5. The van der Waals surface area contributed by atoms with Crippen molar-refractivity contribution >= 4 is 17.6 Å². The van der Waals surface area contributed by atoms with E-state index < -0.39 is 11.6 Å². The van der Waals surface area contributed by atoms with Crippen LogP contribution in [-0.4, -0.2) is 37.3 Å². The van der Waals surface area contributed by atoms with Crippen LogP contribution in [0.25, 0.3) is 0 Å². The van der Waals surface area contributed by atoms with Gasteiger partial charge in [-0.05, 0) is 51.8 Å². The van der Waals surface area contributed by atoms with Crippen molar-refractivity contribution in [2.75, 3.05) is 4.90 Å². The number of amides is 3. The first-order chi connectivity index (χ1) is 14.6. The van der Waals surface area contributed by atoms with E-state index >= 15 is 0 Å². The molecule has 3 amide bonds. The van der Waals surface area contributed by atoms with E-state index in [2.05, 4.69) is 10.3 Å². The van der Waals surface area contributed by atoms with E-state index in [1.165, 1.54) is 17.2 Å². The molecule has 4 rings (SSSR count). The van der Waals surface area contributed by atoms with Gasteiger partial charge in [0.2, 0.25) is 0 Å². The van der Waals surface area contributed by atoms with E-state index in [0.29, 0.717) is 29.1 Å². The van der Waals surface area contributed by atoms with Crippen LogP contribution in [0.1, 0.15) is 42.0 Å². The van der Waals surface area contributed by atoms with Crippen LogP contribution in [0, 0.1) is 26.6 Å². The fraction of sp³-hybridized carbons (Fsp3) is 0.364. The Morgan fingerprint density at radius 1 is 1.13 bits per heavy atom. The second-order valence-electron chi connectivity index (χ2n) is 8.35. The van der Waals surface area contributed by atoms with Crippen LogP contribution < -0.4 is 4.90 Å². The number of carbonyl (C=O) groups is 2. The smallest absolute Gasteiger partial charge is 0.332 e. The minimum atomic E-state index is -1.08. The van der Waals surface area contributed by atoms with Crippen LogP contribution in [-0.2, 0) is 17.9 Å². The minimum absolute atomic E-state index is 0.124. The van der Waals surface area contributed by atoms with Crippen molar-refractivity contribution in [3.8, 4) is 0 Å². The fourth-order valence-electron chi connectivity index (χ4n) is 3.69. The van der Waals surface area contributed by atoms with Crippen LogP contribution in [0.3, 0.4) is 0 Å². The summed E-state index contributed by atoms with van der Waals surface area (Å²) in [6, 6.07) is 4.36. The Kier molecular flexibility index (Phi) is 4.91. The zero-order valence-corrected chi connectivity index (χ0v) is 18.1. The number of urea groups is 1. The molecule has 0 atom stereocenters. The number of rotatable bonds is 5. The molecule has 0 aliphatic carbocycles. The molecular weight excluding hydrogens is 401 g/mol. The molecule has 8 nitrogen and oxygen atoms in total. The lowest BCUT2D eigenvalue weighted by Crippen LogP contribution is -2.43. The van der Waals surface area contributed by atoms with Crippen LogP contribution >= 0.6 is 0 Å². The number of nitrogens with zero attached hydrogens (tertiary/aromatic N) is 5. The highest BCUT2D eigenvalue weighted by Gasteiger charge is 2.52.